The van der Waals surface area contributed by atoms with E-state index >= 15 is 0 Å². The van der Waals surface area contributed by atoms with Crippen molar-refractivity contribution < 1.29 is 4.79 Å². The van der Waals surface area contributed by atoms with Gasteiger partial charge in [0.05, 0.1) is 10.7 Å². The van der Waals surface area contributed by atoms with E-state index in [1.165, 1.54) is 11.8 Å². The molecule has 7 heteroatoms. The van der Waals surface area contributed by atoms with Crippen molar-refractivity contribution in [1.29, 1.82) is 0 Å². The number of aromatic nitrogens is 2. The van der Waals surface area contributed by atoms with Crippen LogP contribution in [0.4, 0.5) is 11.5 Å². The third-order valence-corrected chi connectivity index (χ3v) is 4.12. The number of carbonyl (C=O) groups excluding carboxylic acids is 1. The molecule has 1 aliphatic rings. The lowest BCUT2D eigenvalue weighted by atomic mass is 10.1. The average Bonchev–Trinajstić information content (AvgIpc) is 2.48. The van der Waals surface area contributed by atoms with Gasteiger partial charge in [-0.05, 0) is 25.3 Å². The summed E-state index contributed by atoms with van der Waals surface area (Å²) in [6.45, 7) is 1.89. The Hall–Kier alpha value is -1.79. The molecule has 0 fully saturated rings. The molecule has 1 aromatic carbocycles. The number of para-hydroxylation sites is 1. The number of anilines is 2. The van der Waals surface area contributed by atoms with Gasteiger partial charge in [0.15, 0.2) is 5.16 Å². The number of nitrogens with zero attached hydrogens (tertiary/aromatic N) is 3. The number of fused-ring (bicyclic) bond motifs is 1. The van der Waals surface area contributed by atoms with E-state index in [0.29, 0.717) is 27.2 Å². The SMILES string of the molecule is CSc1ncc2c(n1)NC(C)N(c1ccccc1Cl)C2=O. The maximum Gasteiger partial charge on any atom is 0.265 e. The Morgan fingerprint density at radius 3 is 2.86 bits per heavy atom. The molecule has 1 aliphatic heterocycles. The Kier molecular flexibility index (Phi) is 3.73. The molecule has 2 heterocycles. The van der Waals surface area contributed by atoms with E-state index in [1.807, 2.05) is 31.4 Å². The van der Waals surface area contributed by atoms with Crippen molar-refractivity contribution in [3.8, 4) is 0 Å². The van der Waals surface area contributed by atoms with Gasteiger partial charge in [0.25, 0.3) is 5.91 Å². The number of carbonyl (C=O) groups is 1. The molecule has 0 saturated carbocycles. The molecule has 21 heavy (non-hydrogen) atoms. The van der Waals surface area contributed by atoms with Crippen LogP contribution < -0.4 is 10.2 Å². The van der Waals surface area contributed by atoms with Crippen LogP contribution in [0.5, 0.6) is 0 Å². The van der Waals surface area contributed by atoms with Crippen molar-refractivity contribution in [2.75, 3.05) is 16.5 Å². The van der Waals surface area contributed by atoms with Gasteiger partial charge in [-0.15, -0.1) is 0 Å². The van der Waals surface area contributed by atoms with Crippen LogP contribution in [-0.2, 0) is 0 Å². The van der Waals surface area contributed by atoms with Crippen molar-refractivity contribution in [1.82, 2.24) is 9.97 Å². The van der Waals surface area contributed by atoms with Gasteiger partial charge >= 0.3 is 0 Å². The second-order valence-corrected chi connectivity index (χ2v) is 5.75. The molecule has 0 saturated heterocycles. The molecule has 0 bridgehead atoms. The number of halogens is 1. The molecular weight excluding hydrogens is 308 g/mol. The number of rotatable bonds is 2. The number of thioether (sulfide) groups is 1. The van der Waals surface area contributed by atoms with Gasteiger partial charge in [-0.2, -0.15) is 0 Å². The van der Waals surface area contributed by atoms with E-state index in [1.54, 1.807) is 17.2 Å². The predicted octanol–water partition coefficient (Wildman–Crippen LogP) is 3.27. The van der Waals surface area contributed by atoms with Crippen LogP contribution in [0.2, 0.25) is 5.02 Å². The smallest absolute Gasteiger partial charge is 0.265 e. The summed E-state index contributed by atoms with van der Waals surface area (Å²) in [7, 11) is 0. The second kappa shape index (κ2) is 5.54. The van der Waals surface area contributed by atoms with Gasteiger partial charge in [0.1, 0.15) is 17.5 Å². The third-order valence-electron chi connectivity index (χ3n) is 3.24. The van der Waals surface area contributed by atoms with Crippen LogP contribution in [-0.4, -0.2) is 28.3 Å². The molecule has 0 aliphatic carbocycles. The van der Waals surface area contributed by atoms with Crippen LogP contribution in [0.15, 0.2) is 35.6 Å². The molecule has 1 unspecified atom stereocenters. The van der Waals surface area contributed by atoms with Crippen LogP contribution in [0.3, 0.4) is 0 Å². The minimum Gasteiger partial charge on any atom is -0.349 e. The second-order valence-electron chi connectivity index (χ2n) is 4.57. The summed E-state index contributed by atoms with van der Waals surface area (Å²) in [6.07, 6.45) is 3.21. The average molecular weight is 321 g/mol. The summed E-state index contributed by atoms with van der Waals surface area (Å²) in [5.74, 6) is 0.409. The Labute approximate surface area is 131 Å². The van der Waals surface area contributed by atoms with Crippen LogP contribution in [0.25, 0.3) is 0 Å². The van der Waals surface area contributed by atoms with E-state index in [0.717, 1.165) is 0 Å². The summed E-state index contributed by atoms with van der Waals surface area (Å²) in [6, 6.07) is 7.27. The first-order chi connectivity index (χ1) is 10.1. The molecule has 1 atom stereocenters. The molecule has 1 amide bonds. The summed E-state index contributed by atoms with van der Waals surface area (Å²) in [4.78, 5) is 22.8. The minimum absolute atomic E-state index is 0.156. The van der Waals surface area contributed by atoms with Crippen LogP contribution in [0.1, 0.15) is 17.3 Å². The minimum atomic E-state index is -0.241. The lowest BCUT2D eigenvalue weighted by molar-refractivity contribution is 0.0976. The zero-order chi connectivity index (χ0) is 15.0. The van der Waals surface area contributed by atoms with Crippen LogP contribution in [0, 0.1) is 0 Å². The van der Waals surface area contributed by atoms with Gasteiger partial charge < -0.3 is 5.32 Å². The van der Waals surface area contributed by atoms with Crippen molar-refractivity contribution in [2.45, 2.75) is 18.2 Å². The fraction of sp³-hybridized carbons (Fsp3) is 0.214. The third kappa shape index (κ3) is 2.45. The molecular formula is C14H13ClN4OS. The highest BCUT2D eigenvalue weighted by Crippen LogP contribution is 2.32. The first-order valence-corrected chi connectivity index (χ1v) is 7.97. The lowest BCUT2D eigenvalue weighted by Gasteiger charge is -2.35. The summed E-state index contributed by atoms with van der Waals surface area (Å²) >= 11 is 7.64. The molecule has 0 spiro atoms. The van der Waals surface area contributed by atoms with Crippen molar-refractivity contribution in [2.24, 2.45) is 0 Å². The summed E-state index contributed by atoms with van der Waals surface area (Å²) in [5, 5.41) is 4.39. The molecule has 3 rings (SSSR count). The fourth-order valence-electron chi connectivity index (χ4n) is 2.26. The first kappa shape index (κ1) is 14.2. The zero-order valence-corrected chi connectivity index (χ0v) is 13.1. The Morgan fingerprint density at radius 2 is 2.14 bits per heavy atom. The van der Waals surface area contributed by atoms with Crippen LogP contribution >= 0.6 is 23.4 Å². The van der Waals surface area contributed by atoms with Gasteiger partial charge in [-0.3, -0.25) is 9.69 Å². The largest absolute Gasteiger partial charge is 0.349 e. The Balaban J connectivity index is 2.06. The Morgan fingerprint density at radius 1 is 1.38 bits per heavy atom. The number of benzene rings is 1. The molecule has 1 aromatic heterocycles. The first-order valence-electron chi connectivity index (χ1n) is 6.37. The van der Waals surface area contributed by atoms with Gasteiger partial charge in [-0.25, -0.2) is 9.97 Å². The summed E-state index contributed by atoms with van der Waals surface area (Å²) in [5.41, 5.74) is 1.12. The topological polar surface area (TPSA) is 58.1 Å². The van der Waals surface area contributed by atoms with Gasteiger partial charge in [-0.1, -0.05) is 35.5 Å². The number of hydrogen-bond acceptors (Lipinski definition) is 5. The fourth-order valence-corrected chi connectivity index (χ4v) is 2.83. The lowest BCUT2D eigenvalue weighted by Crippen LogP contribution is -2.48. The Bertz CT molecular complexity index is 709. The van der Waals surface area contributed by atoms with E-state index in [-0.39, 0.29) is 12.1 Å². The number of nitrogens with one attached hydrogen (secondary N) is 1. The number of amides is 1. The predicted molar refractivity (Wildman–Crippen MR) is 85.2 cm³/mol. The van der Waals surface area contributed by atoms with E-state index in [9.17, 15) is 4.79 Å². The molecule has 2 aromatic rings. The number of hydrogen-bond donors (Lipinski definition) is 1. The zero-order valence-electron chi connectivity index (χ0n) is 11.5. The molecule has 0 radical (unpaired) electrons. The van der Waals surface area contributed by atoms with Gasteiger partial charge in [0, 0.05) is 6.20 Å². The van der Waals surface area contributed by atoms with E-state index in [2.05, 4.69) is 15.3 Å². The van der Waals surface area contributed by atoms with E-state index < -0.39 is 0 Å². The van der Waals surface area contributed by atoms with Gasteiger partial charge in [0.2, 0.25) is 0 Å². The van der Waals surface area contributed by atoms with Crippen molar-refractivity contribution in [3.63, 3.8) is 0 Å². The highest BCUT2D eigenvalue weighted by Gasteiger charge is 2.32. The maximum absolute atomic E-state index is 12.7. The monoisotopic (exact) mass is 320 g/mol. The molecule has 1 N–H and O–H groups in total. The highest BCUT2D eigenvalue weighted by atomic mass is 35.5. The normalized spacial score (nSPS) is 17.4. The highest BCUT2D eigenvalue weighted by molar-refractivity contribution is 7.98. The quantitative estimate of drug-likeness (QED) is 0.680. The van der Waals surface area contributed by atoms with Crippen molar-refractivity contribution >= 4 is 40.8 Å². The summed E-state index contributed by atoms with van der Waals surface area (Å²) < 4.78 is 0. The standard InChI is InChI=1S/C14H13ClN4OS/c1-8-17-12-9(7-16-14(18-12)21-2)13(20)19(8)11-6-4-3-5-10(11)15/h3-8H,1-2H3,(H,16,17,18). The van der Waals surface area contributed by atoms with E-state index in [4.69, 9.17) is 11.6 Å². The molecule has 5 nitrogen and oxygen atoms in total. The van der Waals surface area contributed by atoms with Crippen molar-refractivity contribution in [3.05, 3.63) is 41.0 Å². The molecule has 108 valence electrons. The maximum atomic E-state index is 12.7.